The lowest BCUT2D eigenvalue weighted by atomic mass is 10.00. The Bertz CT molecular complexity index is 1140. The molecule has 1 fully saturated rings. The third-order valence-electron chi connectivity index (χ3n) is 6.00. The minimum atomic E-state index is -4.61. The quantitative estimate of drug-likeness (QED) is 0.490. The number of amides is 1. The normalized spacial score (nSPS) is 21.2. The molecule has 1 amide bonds. The molecule has 4 rings (SSSR count). The maximum atomic E-state index is 14.0. The third kappa shape index (κ3) is 5.38. The summed E-state index contributed by atoms with van der Waals surface area (Å²) in [5.74, 6) is 0.300. The number of H-pyrrole nitrogens is 1. The molecule has 2 atom stereocenters. The summed E-state index contributed by atoms with van der Waals surface area (Å²) < 4.78 is 52.2. The van der Waals surface area contributed by atoms with Crippen LogP contribution in [-0.2, 0) is 4.74 Å². The Morgan fingerprint density at radius 3 is 2.83 bits per heavy atom. The number of carbonyl (C=O) groups is 1. The smallest absolute Gasteiger partial charge is 0.419 e. The third-order valence-corrected chi connectivity index (χ3v) is 6.00. The molecule has 0 bridgehead atoms. The minimum Gasteiger partial charge on any atom is -0.489 e. The summed E-state index contributed by atoms with van der Waals surface area (Å²) in [5, 5.41) is 9.12. The molecule has 12 heteroatoms. The molecule has 1 aromatic heterocycles. The van der Waals surface area contributed by atoms with Gasteiger partial charge in [0.15, 0.2) is 12.0 Å². The monoisotopic (exact) mass is 494 g/mol. The van der Waals surface area contributed by atoms with Crippen molar-refractivity contribution in [2.24, 2.45) is 4.99 Å². The largest absolute Gasteiger partial charge is 0.489 e. The summed E-state index contributed by atoms with van der Waals surface area (Å²) in [6.45, 7) is 3.83. The summed E-state index contributed by atoms with van der Waals surface area (Å²) >= 11 is 0. The zero-order chi connectivity index (χ0) is 25.2. The number of hydrogen-bond donors (Lipinski definition) is 4. The Balaban J connectivity index is 1.73. The van der Waals surface area contributed by atoms with Crippen LogP contribution in [0.3, 0.4) is 0 Å². The summed E-state index contributed by atoms with van der Waals surface area (Å²) in [5.41, 5.74) is 0.00625. The van der Waals surface area contributed by atoms with E-state index in [1.54, 1.807) is 19.1 Å². The van der Waals surface area contributed by atoms with E-state index < -0.39 is 24.1 Å². The molecule has 3 heterocycles. The highest BCUT2D eigenvalue weighted by Gasteiger charge is 2.40. The number of likely N-dealkylation sites (tertiary alicyclic amines) is 1. The lowest BCUT2D eigenvalue weighted by Gasteiger charge is -2.33. The summed E-state index contributed by atoms with van der Waals surface area (Å²) in [6.07, 6.45) is -1.63. The molecule has 2 unspecified atom stereocenters. The number of anilines is 1. The van der Waals surface area contributed by atoms with Gasteiger partial charge in [-0.3, -0.25) is 10.6 Å². The Kier molecular flexibility index (Phi) is 7.22. The number of allylic oxidation sites excluding steroid dienone is 1. The lowest BCUT2D eigenvalue weighted by Crippen LogP contribution is -2.52. The van der Waals surface area contributed by atoms with E-state index in [0.29, 0.717) is 22.3 Å². The second kappa shape index (κ2) is 10.2. The van der Waals surface area contributed by atoms with Crippen LogP contribution in [0.4, 0.5) is 23.7 Å². The highest BCUT2D eigenvalue weighted by Crippen LogP contribution is 2.38. The van der Waals surface area contributed by atoms with Gasteiger partial charge in [0.25, 0.3) is 0 Å². The molecule has 1 aromatic carbocycles. The van der Waals surface area contributed by atoms with Crippen molar-refractivity contribution >= 4 is 28.4 Å². The molecule has 190 valence electrons. The van der Waals surface area contributed by atoms with Crippen LogP contribution >= 0.6 is 0 Å². The first-order valence-corrected chi connectivity index (χ1v) is 11.4. The van der Waals surface area contributed by atoms with Gasteiger partial charge in [-0.15, -0.1) is 0 Å². The maximum absolute atomic E-state index is 14.0. The molecule has 0 spiro atoms. The fraction of sp³-hybridized carbons (Fsp3) is 0.478. The molecule has 9 nitrogen and oxygen atoms in total. The number of halogens is 3. The zero-order valence-corrected chi connectivity index (χ0v) is 19.8. The van der Waals surface area contributed by atoms with Crippen molar-refractivity contribution in [1.29, 1.82) is 0 Å². The number of rotatable bonds is 6. The average Bonchev–Trinajstić information content (AvgIpc) is 3.24. The van der Waals surface area contributed by atoms with Crippen molar-refractivity contribution in [1.82, 2.24) is 20.5 Å². The molecule has 0 saturated carbocycles. The summed E-state index contributed by atoms with van der Waals surface area (Å²) in [7, 11) is 3.25. The number of methoxy groups -OCH3 is 1. The van der Waals surface area contributed by atoms with E-state index in [-0.39, 0.29) is 23.9 Å². The van der Waals surface area contributed by atoms with Gasteiger partial charge in [-0.2, -0.15) is 13.2 Å². The standard InChI is InChI=1S/C23H29F3N6O3/c1-4-35-20-17(30-22(33)34-3)8-7-14-15(10-27-19(14)20)18-16(23(24,25)26)11-28-21(31-18)29-13-6-5-9-32(2)12-13/h7-8,10-11,13,21,27-29H,4-6,9,12H2,1-3H3,(H,30,33). The second-order valence-electron chi connectivity index (χ2n) is 8.49. The van der Waals surface area contributed by atoms with Gasteiger partial charge in [0.2, 0.25) is 0 Å². The van der Waals surface area contributed by atoms with Gasteiger partial charge < -0.3 is 24.7 Å². The number of piperidine rings is 1. The number of alkyl halides is 3. The van der Waals surface area contributed by atoms with E-state index >= 15 is 0 Å². The molecule has 0 aliphatic carbocycles. The summed E-state index contributed by atoms with van der Waals surface area (Å²) in [6, 6.07) is 3.29. The first-order chi connectivity index (χ1) is 16.7. The molecule has 2 aliphatic heterocycles. The molecule has 2 aliphatic rings. The first-order valence-electron chi connectivity index (χ1n) is 11.4. The fourth-order valence-corrected chi connectivity index (χ4v) is 4.43. The van der Waals surface area contributed by atoms with Gasteiger partial charge >= 0.3 is 12.3 Å². The highest BCUT2D eigenvalue weighted by atomic mass is 19.4. The number of hydrogen-bond acceptors (Lipinski definition) is 7. The number of aromatic nitrogens is 1. The lowest BCUT2D eigenvalue weighted by molar-refractivity contribution is -0.0867. The van der Waals surface area contributed by atoms with Crippen molar-refractivity contribution in [2.75, 3.05) is 39.2 Å². The fourth-order valence-electron chi connectivity index (χ4n) is 4.43. The zero-order valence-electron chi connectivity index (χ0n) is 19.8. The second-order valence-corrected chi connectivity index (χ2v) is 8.49. The van der Waals surface area contributed by atoms with Gasteiger partial charge in [0.05, 0.1) is 36.2 Å². The number of benzene rings is 1. The van der Waals surface area contributed by atoms with Crippen LogP contribution in [0, 0.1) is 0 Å². The van der Waals surface area contributed by atoms with Crippen LogP contribution < -0.4 is 20.7 Å². The Morgan fingerprint density at radius 1 is 1.34 bits per heavy atom. The minimum absolute atomic E-state index is 0.108. The van der Waals surface area contributed by atoms with Gasteiger partial charge in [-0.25, -0.2) is 9.79 Å². The molecule has 35 heavy (non-hydrogen) atoms. The molecule has 4 N–H and O–H groups in total. The van der Waals surface area contributed by atoms with Crippen molar-refractivity contribution in [3.8, 4) is 5.75 Å². The number of aromatic amines is 1. The van der Waals surface area contributed by atoms with E-state index in [2.05, 4.69) is 35.6 Å². The molecule has 2 aromatic rings. The number of nitrogens with zero attached hydrogens (tertiary/aromatic N) is 2. The molecular weight excluding hydrogens is 465 g/mol. The van der Waals surface area contributed by atoms with Crippen LogP contribution in [0.15, 0.2) is 35.1 Å². The number of aliphatic imine (C=N–C) groups is 1. The van der Waals surface area contributed by atoms with Gasteiger partial charge in [-0.05, 0) is 45.5 Å². The molecular formula is C23H29F3N6O3. The van der Waals surface area contributed by atoms with Crippen molar-refractivity contribution in [3.63, 3.8) is 0 Å². The SMILES string of the molecule is CCOc1c(NC(=O)OC)ccc2c(C3=NC(NC4CCCN(C)C4)NC=C3C(F)(F)F)c[nH]c12. The van der Waals surface area contributed by atoms with Gasteiger partial charge in [0.1, 0.15) is 0 Å². The first kappa shape index (κ1) is 24.9. The van der Waals surface area contributed by atoms with Crippen molar-refractivity contribution in [2.45, 2.75) is 38.3 Å². The van der Waals surface area contributed by atoms with Crippen LogP contribution in [-0.4, -0.2) is 74.1 Å². The predicted octanol–water partition coefficient (Wildman–Crippen LogP) is 3.55. The Labute approximate surface area is 200 Å². The van der Waals surface area contributed by atoms with E-state index in [9.17, 15) is 18.0 Å². The molecule has 1 saturated heterocycles. The van der Waals surface area contributed by atoms with E-state index in [1.165, 1.54) is 13.3 Å². The maximum Gasteiger partial charge on any atom is 0.419 e. The van der Waals surface area contributed by atoms with E-state index in [1.807, 2.05) is 7.05 Å². The number of nitrogens with one attached hydrogen (secondary N) is 4. The predicted molar refractivity (Wildman–Crippen MR) is 127 cm³/mol. The van der Waals surface area contributed by atoms with Crippen molar-refractivity contribution in [3.05, 3.63) is 35.7 Å². The summed E-state index contributed by atoms with van der Waals surface area (Å²) in [4.78, 5) is 21.4. The van der Waals surface area contributed by atoms with Crippen LogP contribution in [0.5, 0.6) is 5.75 Å². The van der Waals surface area contributed by atoms with E-state index in [0.717, 1.165) is 32.1 Å². The Morgan fingerprint density at radius 2 is 2.14 bits per heavy atom. The van der Waals surface area contributed by atoms with Crippen LogP contribution in [0.2, 0.25) is 0 Å². The van der Waals surface area contributed by atoms with Gasteiger partial charge in [-0.1, -0.05) is 0 Å². The topological polar surface area (TPSA) is 103 Å². The highest BCUT2D eigenvalue weighted by molar-refractivity contribution is 6.21. The average molecular weight is 495 g/mol. The van der Waals surface area contributed by atoms with Crippen LogP contribution in [0.25, 0.3) is 10.9 Å². The van der Waals surface area contributed by atoms with Crippen LogP contribution in [0.1, 0.15) is 25.3 Å². The van der Waals surface area contributed by atoms with E-state index in [4.69, 9.17) is 4.74 Å². The number of ether oxygens (including phenoxy) is 2. The number of carbonyl (C=O) groups excluding carboxylic acids is 1. The molecule has 0 radical (unpaired) electrons. The Hall–Kier alpha value is -3.25. The van der Waals surface area contributed by atoms with Gasteiger partial charge in [0, 0.05) is 35.9 Å². The number of likely N-dealkylation sites (N-methyl/N-ethyl adjacent to an activating group) is 1. The van der Waals surface area contributed by atoms with Crippen molar-refractivity contribution < 1.29 is 27.4 Å². The number of fused-ring (bicyclic) bond motifs is 1.